The molecule has 1 atom stereocenters. The number of carbonyl (C=O) groups is 1. The molecule has 0 aromatic heterocycles. The number of halogens is 1. The summed E-state index contributed by atoms with van der Waals surface area (Å²) in [5.74, 6) is -0.0814. The van der Waals surface area contributed by atoms with Crippen LogP contribution in [-0.4, -0.2) is 34.0 Å². The summed E-state index contributed by atoms with van der Waals surface area (Å²) in [4.78, 5) is 12.4. The van der Waals surface area contributed by atoms with Crippen LogP contribution >= 0.6 is 11.6 Å². The Morgan fingerprint density at radius 1 is 1.26 bits per heavy atom. The summed E-state index contributed by atoms with van der Waals surface area (Å²) in [7, 11) is -2.54. The Morgan fingerprint density at radius 2 is 1.96 bits per heavy atom. The summed E-state index contributed by atoms with van der Waals surface area (Å²) in [5.41, 5.74) is 0.826. The van der Waals surface area contributed by atoms with Gasteiger partial charge >= 0.3 is 0 Å². The Balaban J connectivity index is 2.27. The molecule has 27 heavy (non-hydrogen) atoms. The number of carbonyl (C=O) groups excluding carboxylic acids is 1. The van der Waals surface area contributed by atoms with Gasteiger partial charge in [0.1, 0.15) is 11.8 Å². The minimum atomic E-state index is -3.97. The van der Waals surface area contributed by atoms with Gasteiger partial charge in [-0.05, 0) is 30.2 Å². The molecule has 0 heterocycles. The molecule has 0 radical (unpaired) electrons. The van der Waals surface area contributed by atoms with Gasteiger partial charge in [0.25, 0.3) is 0 Å². The molecule has 0 saturated heterocycles. The Kier molecular flexibility index (Phi) is 7.41. The fourth-order valence-electron chi connectivity index (χ4n) is 2.40. The Hall–Kier alpha value is -2.35. The van der Waals surface area contributed by atoms with E-state index in [1.54, 1.807) is 0 Å². The third-order valence-electron chi connectivity index (χ3n) is 3.75. The highest BCUT2D eigenvalue weighted by atomic mass is 35.5. The average Bonchev–Trinajstić information content (AvgIpc) is 2.66. The van der Waals surface area contributed by atoms with Crippen LogP contribution in [0, 0.1) is 0 Å². The first-order valence-electron chi connectivity index (χ1n) is 8.15. The van der Waals surface area contributed by atoms with Gasteiger partial charge in [-0.1, -0.05) is 48.0 Å². The van der Waals surface area contributed by atoms with Crippen molar-refractivity contribution in [2.45, 2.75) is 17.4 Å². The number of sulfonamides is 1. The maximum absolute atomic E-state index is 12.8. The van der Waals surface area contributed by atoms with E-state index in [-0.39, 0.29) is 22.9 Å². The minimum Gasteiger partial charge on any atom is -0.495 e. The van der Waals surface area contributed by atoms with Gasteiger partial charge in [0.2, 0.25) is 15.9 Å². The molecule has 2 rings (SSSR count). The van der Waals surface area contributed by atoms with Gasteiger partial charge in [0, 0.05) is 6.54 Å². The Bertz CT molecular complexity index is 901. The molecule has 2 N–H and O–H groups in total. The molecule has 8 heteroatoms. The zero-order chi connectivity index (χ0) is 19.9. The molecule has 0 unspecified atom stereocenters. The lowest BCUT2D eigenvalue weighted by Crippen LogP contribution is -2.48. The van der Waals surface area contributed by atoms with Crippen LogP contribution in [0.4, 0.5) is 0 Å². The molecule has 0 aliphatic rings. The van der Waals surface area contributed by atoms with Crippen molar-refractivity contribution >= 4 is 27.5 Å². The molecule has 0 aliphatic heterocycles. The van der Waals surface area contributed by atoms with E-state index >= 15 is 0 Å². The fourth-order valence-corrected chi connectivity index (χ4v) is 3.95. The van der Waals surface area contributed by atoms with E-state index in [1.807, 2.05) is 30.3 Å². The molecule has 2 aromatic carbocycles. The summed E-state index contributed by atoms with van der Waals surface area (Å²) < 4.78 is 33.0. The van der Waals surface area contributed by atoms with Crippen molar-refractivity contribution in [3.8, 4) is 5.75 Å². The van der Waals surface area contributed by atoms with Crippen LogP contribution in [0.1, 0.15) is 5.56 Å². The number of benzene rings is 2. The molecule has 144 valence electrons. The van der Waals surface area contributed by atoms with E-state index in [4.69, 9.17) is 16.3 Å². The topological polar surface area (TPSA) is 84.5 Å². The maximum atomic E-state index is 12.8. The van der Waals surface area contributed by atoms with E-state index in [2.05, 4.69) is 16.6 Å². The van der Waals surface area contributed by atoms with E-state index in [9.17, 15) is 13.2 Å². The summed E-state index contributed by atoms with van der Waals surface area (Å²) >= 11 is 6.03. The lowest BCUT2D eigenvalue weighted by molar-refractivity contribution is -0.122. The second-order valence-electron chi connectivity index (χ2n) is 5.69. The van der Waals surface area contributed by atoms with Crippen LogP contribution in [0.5, 0.6) is 5.75 Å². The van der Waals surface area contributed by atoms with E-state index < -0.39 is 22.0 Å². The summed E-state index contributed by atoms with van der Waals surface area (Å²) in [6.45, 7) is 3.78. The predicted octanol–water partition coefficient (Wildman–Crippen LogP) is 2.54. The monoisotopic (exact) mass is 408 g/mol. The summed E-state index contributed by atoms with van der Waals surface area (Å²) in [6, 6.07) is 12.3. The Morgan fingerprint density at radius 3 is 2.56 bits per heavy atom. The van der Waals surface area contributed by atoms with Crippen LogP contribution in [-0.2, 0) is 21.2 Å². The molecule has 2 aromatic rings. The summed E-state index contributed by atoms with van der Waals surface area (Å²) in [5, 5.41) is 2.79. The number of ether oxygens (including phenoxy) is 1. The van der Waals surface area contributed by atoms with Crippen molar-refractivity contribution in [3.63, 3.8) is 0 Å². The first-order chi connectivity index (χ1) is 12.9. The number of nitrogens with one attached hydrogen (secondary N) is 2. The van der Waals surface area contributed by atoms with Gasteiger partial charge in [-0.15, -0.1) is 6.58 Å². The number of hydrogen-bond acceptors (Lipinski definition) is 4. The van der Waals surface area contributed by atoms with Crippen LogP contribution in [0.3, 0.4) is 0 Å². The number of hydrogen-bond donors (Lipinski definition) is 2. The molecular formula is C19H21ClN2O4S. The van der Waals surface area contributed by atoms with Gasteiger partial charge in [-0.3, -0.25) is 4.79 Å². The first kappa shape index (κ1) is 21.0. The zero-order valence-electron chi connectivity index (χ0n) is 14.8. The fraction of sp³-hybridized carbons (Fsp3) is 0.211. The van der Waals surface area contributed by atoms with Gasteiger partial charge < -0.3 is 10.1 Å². The van der Waals surface area contributed by atoms with Crippen LogP contribution in [0.15, 0.2) is 66.1 Å². The third-order valence-corrected chi connectivity index (χ3v) is 5.52. The van der Waals surface area contributed by atoms with Crippen molar-refractivity contribution in [1.82, 2.24) is 10.0 Å². The predicted molar refractivity (Wildman–Crippen MR) is 105 cm³/mol. The van der Waals surface area contributed by atoms with Gasteiger partial charge in [-0.25, -0.2) is 8.42 Å². The van der Waals surface area contributed by atoms with E-state index in [0.29, 0.717) is 5.75 Å². The molecular weight excluding hydrogens is 388 g/mol. The molecule has 0 spiro atoms. The third kappa shape index (κ3) is 5.82. The molecule has 6 nitrogen and oxygen atoms in total. The van der Waals surface area contributed by atoms with Crippen molar-refractivity contribution in [1.29, 1.82) is 0 Å². The van der Waals surface area contributed by atoms with Crippen LogP contribution in [0.2, 0.25) is 5.02 Å². The molecule has 0 fully saturated rings. The van der Waals surface area contributed by atoms with E-state index in [0.717, 1.165) is 5.56 Å². The molecule has 0 aliphatic carbocycles. The molecule has 0 bridgehead atoms. The largest absolute Gasteiger partial charge is 0.495 e. The SMILES string of the molecule is C=CCNC(=O)[C@H](Cc1ccccc1)NS(=O)(=O)c1ccc(OC)c(Cl)c1. The average molecular weight is 409 g/mol. The molecule has 1 amide bonds. The summed E-state index contributed by atoms with van der Waals surface area (Å²) in [6.07, 6.45) is 1.72. The smallest absolute Gasteiger partial charge is 0.241 e. The van der Waals surface area contributed by atoms with Crippen molar-refractivity contribution in [3.05, 3.63) is 71.8 Å². The van der Waals surface area contributed by atoms with E-state index in [1.165, 1.54) is 31.4 Å². The van der Waals surface area contributed by atoms with Gasteiger partial charge in [0.15, 0.2) is 0 Å². The highest BCUT2D eigenvalue weighted by Crippen LogP contribution is 2.27. The lowest BCUT2D eigenvalue weighted by Gasteiger charge is -2.18. The highest BCUT2D eigenvalue weighted by molar-refractivity contribution is 7.89. The van der Waals surface area contributed by atoms with Gasteiger partial charge in [0.05, 0.1) is 17.0 Å². The minimum absolute atomic E-state index is 0.0529. The van der Waals surface area contributed by atoms with Crippen molar-refractivity contribution < 1.29 is 17.9 Å². The maximum Gasteiger partial charge on any atom is 0.241 e. The quantitative estimate of drug-likeness (QED) is 0.624. The second kappa shape index (κ2) is 9.55. The lowest BCUT2D eigenvalue weighted by atomic mass is 10.1. The highest BCUT2D eigenvalue weighted by Gasteiger charge is 2.26. The first-order valence-corrected chi connectivity index (χ1v) is 10.0. The molecule has 0 saturated carbocycles. The Labute approximate surface area is 164 Å². The van der Waals surface area contributed by atoms with Crippen molar-refractivity contribution in [2.75, 3.05) is 13.7 Å². The zero-order valence-corrected chi connectivity index (χ0v) is 16.4. The van der Waals surface area contributed by atoms with Gasteiger partial charge in [-0.2, -0.15) is 4.72 Å². The standard InChI is InChI=1S/C19H21ClN2O4S/c1-3-11-21-19(23)17(12-14-7-5-4-6-8-14)22-27(24,25)15-9-10-18(26-2)16(20)13-15/h3-10,13,17,22H,1,11-12H2,2H3,(H,21,23)/t17-/m0/s1. The number of methoxy groups -OCH3 is 1. The van der Waals surface area contributed by atoms with Crippen LogP contribution in [0.25, 0.3) is 0 Å². The number of rotatable bonds is 9. The van der Waals surface area contributed by atoms with Crippen LogP contribution < -0.4 is 14.8 Å². The second-order valence-corrected chi connectivity index (χ2v) is 7.81. The normalized spacial score (nSPS) is 12.2. The van der Waals surface area contributed by atoms with Crippen molar-refractivity contribution in [2.24, 2.45) is 0 Å². The number of amides is 1.